The van der Waals surface area contributed by atoms with E-state index >= 15 is 0 Å². The monoisotopic (exact) mass is 415 g/mol. The van der Waals surface area contributed by atoms with Crippen molar-refractivity contribution in [2.24, 2.45) is 10.9 Å². The minimum absolute atomic E-state index is 0.803. The Morgan fingerprint density at radius 3 is 2.67 bits per heavy atom. The van der Waals surface area contributed by atoms with Crippen LogP contribution < -0.4 is 10.2 Å². The van der Waals surface area contributed by atoms with Gasteiger partial charge in [-0.05, 0) is 62.8 Å². The number of nitrogens with zero attached hydrogens (tertiary/aromatic N) is 4. The summed E-state index contributed by atoms with van der Waals surface area (Å²) in [6, 6.07) is 8.86. The maximum atomic E-state index is 5.47. The predicted octanol–water partition coefficient (Wildman–Crippen LogP) is 2.83. The topological polar surface area (TPSA) is 43.3 Å². The van der Waals surface area contributed by atoms with Gasteiger partial charge >= 0.3 is 0 Å². The molecular weight excluding hydrogens is 374 g/mol. The molecule has 2 aliphatic rings. The summed E-state index contributed by atoms with van der Waals surface area (Å²) >= 11 is 0. The number of piperazine rings is 1. The molecule has 0 aromatic heterocycles. The summed E-state index contributed by atoms with van der Waals surface area (Å²) in [5, 5.41) is 3.55. The van der Waals surface area contributed by atoms with Crippen LogP contribution in [-0.4, -0.2) is 88.9 Å². The van der Waals surface area contributed by atoms with Crippen molar-refractivity contribution in [3.63, 3.8) is 0 Å². The normalized spacial score (nSPS) is 19.2. The molecule has 6 nitrogen and oxygen atoms in total. The molecule has 0 saturated carbocycles. The first-order valence-electron chi connectivity index (χ1n) is 11.7. The smallest absolute Gasteiger partial charge is 0.193 e. The molecule has 2 heterocycles. The number of benzene rings is 1. The fraction of sp³-hybridized carbons (Fsp3) is 0.708. The minimum Gasteiger partial charge on any atom is -0.381 e. The van der Waals surface area contributed by atoms with Gasteiger partial charge in [0, 0.05) is 72.3 Å². The zero-order valence-corrected chi connectivity index (χ0v) is 19.3. The van der Waals surface area contributed by atoms with Gasteiger partial charge in [-0.3, -0.25) is 9.89 Å². The molecule has 0 unspecified atom stereocenters. The highest BCUT2D eigenvalue weighted by molar-refractivity contribution is 5.79. The minimum atomic E-state index is 0.803. The molecule has 0 atom stereocenters. The number of aliphatic imine (C=N–C) groups is 1. The molecule has 2 aliphatic heterocycles. The Bertz CT molecular complexity index is 651. The number of hydrogen-bond donors (Lipinski definition) is 1. The van der Waals surface area contributed by atoms with E-state index in [1.807, 2.05) is 7.05 Å². The Labute approximate surface area is 183 Å². The van der Waals surface area contributed by atoms with E-state index < -0.39 is 0 Å². The van der Waals surface area contributed by atoms with Crippen LogP contribution in [0, 0.1) is 12.8 Å². The largest absolute Gasteiger partial charge is 0.381 e. The van der Waals surface area contributed by atoms with Crippen molar-refractivity contribution in [1.82, 2.24) is 15.1 Å². The second kappa shape index (κ2) is 12.2. The van der Waals surface area contributed by atoms with Gasteiger partial charge in [-0.15, -0.1) is 0 Å². The van der Waals surface area contributed by atoms with E-state index in [0.29, 0.717) is 0 Å². The van der Waals surface area contributed by atoms with Crippen LogP contribution in [0.3, 0.4) is 0 Å². The Balaban J connectivity index is 1.29. The van der Waals surface area contributed by atoms with Crippen LogP contribution in [0.2, 0.25) is 0 Å². The molecule has 0 spiro atoms. The van der Waals surface area contributed by atoms with Crippen LogP contribution in [-0.2, 0) is 4.74 Å². The molecule has 2 fully saturated rings. The average Bonchev–Trinajstić information content (AvgIpc) is 2.78. The van der Waals surface area contributed by atoms with Crippen molar-refractivity contribution in [3.05, 3.63) is 29.8 Å². The summed E-state index contributed by atoms with van der Waals surface area (Å²) in [7, 11) is 4.04. The summed E-state index contributed by atoms with van der Waals surface area (Å²) in [5.41, 5.74) is 2.70. The first-order chi connectivity index (χ1) is 14.7. The van der Waals surface area contributed by atoms with Gasteiger partial charge in [0.15, 0.2) is 5.96 Å². The third-order valence-electron chi connectivity index (χ3n) is 6.46. The summed E-state index contributed by atoms with van der Waals surface area (Å²) in [5.74, 6) is 1.82. The van der Waals surface area contributed by atoms with Crippen molar-refractivity contribution in [1.29, 1.82) is 0 Å². The molecule has 6 heteroatoms. The number of ether oxygens (including phenoxy) is 1. The van der Waals surface area contributed by atoms with Crippen LogP contribution in [0.5, 0.6) is 0 Å². The second-order valence-electron chi connectivity index (χ2n) is 8.76. The summed E-state index contributed by atoms with van der Waals surface area (Å²) in [4.78, 5) is 11.8. The average molecular weight is 416 g/mol. The van der Waals surface area contributed by atoms with Crippen LogP contribution in [0.1, 0.15) is 31.2 Å². The number of guanidine groups is 1. The summed E-state index contributed by atoms with van der Waals surface area (Å²) in [6.45, 7) is 11.8. The van der Waals surface area contributed by atoms with Gasteiger partial charge in [0.1, 0.15) is 0 Å². The van der Waals surface area contributed by atoms with Crippen molar-refractivity contribution in [3.8, 4) is 0 Å². The molecule has 1 N–H and O–H groups in total. The lowest BCUT2D eigenvalue weighted by Gasteiger charge is -2.36. The number of hydrogen-bond acceptors (Lipinski definition) is 4. The summed E-state index contributed by atoms with van der Waals surface area (Å²) < 4.78 is 5.47. The van der Waals surface area contributed by atoms with Gasteiger partial charge in [-0.25, -0.2) is 0 Å². The SMILES string of the molecule is CN=C(NCCCN1CCN(c2cccc(C)c2)CC1)N(C)CCC1CCOCC1. The van der Waals surface area contributed by atoms with Gasteiger partial charge in [-0.1, -0.05) is 12.1 Å². The quantitative estimate of drug-likeness (QED) is 0.402. The molecule has 1 aromatic rings. The van der Waals surface area contributed by atoms with Gasteiger partial charge in [-0.2, -0.15) is 0 Å². The Morgan fingerprint density at radius 2 is 1.97 bits per heavy atom. The standard InChI is InChI=1S/C24H41N5O/c1-21-6-4-7-23(20-21)29-16-14-28(15-17-29)12-5-11-26-24(25-2)27(3)13-8-22-9-18-30-19-10-22/h4,6-7,20,22H,5,8-19H2,1-3H3,(H,25,26). The van der Waals surface area contributed by atoms with Gasteiger partial charge < -0.3 is 19.9 Å². The van der Waals surface area contributed by atoms with E-state index in [1.165, 1.54) is 30.5 Å². The Hall–Kier alpha value is -1.79. The van der Waals surface area contributed by atoms with Crippen LogP contribution in [0.15, 0.2) is 29.3 Å². The van der Waals surface area contributed by atoms with Gasteiger partial charge in [0.05, 0.1) is 0 Å². The van der Waals surface area contributed by atoms with Gasteiger partial charge in [0.2, 0.25) is 0 Å². The molecule has 30 heavy (non-hydrogen) atoms. The number of anilines is 1. The van der Waals surface area contributed by atoms with E-state index in [2.05, 4.69) is 63.2 Å². The molecule has 0 amide bonds. The Kier molecular flexibility index (Phi) is 9.27. The van der Waals surface area contributed by atoms with Crippen molar-refractivity contribution in [2.75, 3.05) is 78.0 Å². The fourth-order valence-electron chi connectivity index (χ4n) is 4.46. The lowest BCUT2D eigenvalue weighted by atomic mass is 9.96. The molecule has 0 radical (unpaired) electrons. The maximum Gasteiger partial charge on any atom is 0.193 e. The van der Waals surface area contributed by atoms with E-state index in [0.717, 1.165) is 77.3 Å². The van der Waals surface area contributed by atoms with E-state index in [4.69, 9.17) is 4.74 Å². The molecule has 0 aliphatic carbocycles. The highest BCUT2D eigenvalue weighted by Gasteiger charge is 2.17. The van der Waals surface area contributed by atoms with Crippen molar-refractivity contribution in [2.45, 2.75) is 32.6 Å². The van der Waals surface area contributed by atoms with Crippen molar-refractivity contribution < 1.29 is 4.74 Å². The summed E-state index contributed by atoms with van der Waals surface area (Å²) in [6.07, 6.45) is 4.79. The molecule has 168 valence electrons. The second-order valence-corrected chi connectivity index (χ2v) is 8.76. The number of rotatable bonds is 8. The third kappa shape index (κ3) is 7.17. The molecule has 0 bridgehead atoms. The van der Waals surface area contributed by atoms with E-state index in [1.54, 1.807) is 0 Å². The number of nitrogens with one attached hydrogen (secondary N) is 1. The van der Waals surface area contributed by atoms with Crippen LogP contribution in [0.25, 0.3) is 0 Å². The van der Waals surface area contributed by atoms with Crippen molar-refractivity contribution >= 4 is 11.6 Å². The lowest BCUT2D eigenvalue weighted by molar-refractivity contribution is 0.0625. The molecular formula is C24H41N5O. The Morgan fingerprint density at radius 1 is 1.20 bits per heavy atom. The predicted molar refractivity (Wildman–Crippen MR) is 127 cm³/mol. The lowest BCUT2D eigenvalue weighted by Crippen LogP contribution is -2.47. The van der Waals surface area contributed by atoms with Gasteiger partial charge in [0.25, 0.3) is 0 Å². The first kappa shape index (κ1) is 22.9. The zero-order valence-electron chi connectivity index (χ0n) is 19.3. The third-order valence-corrected chi connectivity index (χ3v) is 6.46. The molecule has 1 aromatic carbocycles. The van der Waals surface area contributed by atoms with Crippen LogP contribution in [0.4, 0.5) is 5.69 Å². The maximum absolute atomic E-state index is 5.47. The van der Waals surface area contributed by atoms with Crippen LogP contribution >= 0.6 is 0 Å². The van der Waals surface area contributed by atoms with E-state index in [-0.39, 0.29) is 0 Å². The fourth-order valence-corrected chi connectivity index (χ4v) is 4.46. The molecule has 2 saturated heterocycles. The molecule has 3 rings (SSSR count). The highest BCUT2D eigenvalue weighted by atomic mass is 16.5. The van der Waals surface area contributed by atoms with E-state index in [9.17, 15) is 0 Å². The number of aryl methyl sites for hydroxylation is 1. The highest BCUT2D eigenvalue weighted by Crippen LogP contribution is 2.19. The zero-order chi connectivity index (χ0) is 21.2. The first-order valence-corrected chi connectivity index (χ1v) is 11.7.